The number of amides is 1. The van der Waals surface area contributed by atoms with Crippen LogP contribution in [0.1, 0.15) is 31.4 Å². The Balaban J connectivity index is 0.00000242. The number of rotatable bonds is 4. The van der Waals surface area contributed by atoms with E-state index in [0.29, 0.717) is 12.1 Å². The highest BCUT2D eigenvalue weighted by Gasteiger charge is 2.31. The van der Waals surface area contributed by atoms with Gasteiger partial charge in [-0.25, -0.2) is 0 Å². The fraction of sp³-hybridized carbons (Fsp3) is 0.733. The Bertz CT molecular complexity index is 496. The van der Waals surface area contributed by atoms with Crippen molar-refractivity contribution in [2.45, 2.75) is 37.9 Å². The monoisotopic (exact) mass is 365 g/mol. The van der Waals surface area contributed by atoms with Gasteiger partial charge in [-0.3, -0.25) is 9.48 Å². The number of hydrogen-bond donors (Lipinski definition) is 1. The smallest absolute Gasteiger partial charge is 0.244 e. The van der Waals surface area contributed by atoms with Crippen molar-refractivity contribution in [3.05, 3.63) is 18.0 Å². The van der Waals surface area contributed by atoms with Gasteiger partial charge in [-0.05, 0) is 33.9 Å². The molecule has 0 aromatic carbocycles. The second-order valence-corrected chi connectivity index (χ2v) is 6.13. The van der Waals surface area contributed by atoms with Crippen LogP contribution in [-0.2, 0) is 11.8 Å². The lowest BCUT2D eigenvalue weighted by Crippen LogP contribution is -2.50. The predicted octanol–water partition coefficient (Wildman–Crippen LogP) is 1.47. The van der Waals surface area contributed by atoms with Gasteiger partial charge in [0.2, 0.25) is 5.91 Å². The first kappa shape index (κ1) is 22.2. The number of carbonyl (C=O) groups excluding carboxylic acids is 1. The molecule has 3 atom stereocenters. The minimum absolute atomic E-state index is 0. The molecule has 3 unspecified atom stereocenters. The Kier molecular flexibility index (Phi) is 9.13. The first-order valence-corrected chi connectivity index (χ1v) is 7.56. The van der Waals surface area contributed by atoms with Gasteiger partial charge in [0.05, 0.1) is 6.20 Å². The van der Waals surface area contributed by atoms with Crippen LogP contribution in [0.3, 0.4) is 0 Å². The number of piperidine rings is 1. The number of nitrogens with zero attached hydrogens (tertiary/aromatic N) is 4. The molecule has 0 radical (unpaired) electrons. The van der Waals surface area contributed by atoms with Crippen molar-refractivity contribution in [3.8, 4) is 0 Å². The summed E-state index contributed by atoms with van der Waals surface area (Å²) in [5.74, 6) is 0.118. The molecular weight excluding hydrogens is 337 g/mol. The van der Waals surface area contributed by atoms with E-state index in [-0.39, 0.29) is 36.8 Å². The Hall–Kier alpha value is -0.820. The molecule has 1 aromatic rings. The van der Waals surface area contributed by atoms with Gasteiger partial charge in [0, 0.05) is 44.5 Å². The molecule has 8 heteroatoms. The fourth-order valence-electron chi connectivity index (χ4n) is 3.02. The van der Waals surface area contributed by atoms with Gasteiger partial charge in [0.1, 0.15) is 6.04 Å². The molecule has 1 aliphatic heterocycles. The van der Waals surface area contributed by atoms with E-state index in [1.165, 1.54) is 0 Å². The van der Waals surface area contributed by atoms with E-state index < -0.39 is 0 Å². The largest absolute Gasteiger partial charge is 0.341 e. The van der Waals surface area contributed by atoms with Gasteiger partial charge in [-0.2, -0.15) is 5.10 Å². The van der Waals surface area contributed by atoms with Gasteiger partial charge < -0.3 is 15.1 Å². The van der Waals surface area contributed by atoms with E-state index in [2.05, 4.69) is 29.3 Å². The van der Waals surface area contributed by atoms with Crippen LogP contribution in [0.4, 0.5) is 0 Å². The third kappa shape index (κ3) is 5.08. The van der Waals surface area contributed by atoms with E-state index in [1.807, 2.05) is 32.2 Å². The summed E-state index contributed by atoms with van der Waals surface area (Å²) in [7, 11) is 7.75. The summed E-state index contributed by atoms with van der Waals surface area (Å²) in [4.78, 5) is 17.1. The van der Waals surface area contributed by atoms with E-state index in [4.69, 9.17) is 0 Å². The van der Waals surface area contributed by atoms with Gasteiger partial charge >= 0.3 is 0 Å². The van der Waals surface area contributed by atoms with Crippen molar-refractivity contribution >= 4 is 30.7 Å². The average molecular weight is 366 g/mol. The maximum atomic E-state index is 12.8. The Morgan fingerprint density at radius 1 is 1.43 bits per heavy atom. The molecule has 0 aliphatic carbocycles. The number of aromatic nitrogens is 2. The van der Waals surface area contributed by atoms with E-state index >= 15 is 0 Å². The molecule has 1 aliphatic rings. The average Bonchev–Trinajstić information content (AvgIpc) is 2.88. The molecule has 23 heavy (non-hydrogen) atoms. The van der Waals surface area contributed by atoms with Crippen molar-refractivity contribution in [1.29, 1.82) is 0 Å². The molecule has 134 valence electrons. The molecule has 1 N–H and O–H groups in total. The molecule has 1 saturated heterocycles. The lowest BCUT2D eigenvalue weighted by atomic mass is 9.97. The molecule has 2 rings (SSSR count). The molecule has 0 spiro atoms. The number of halogens is 2. The van der Waals surface area contributed by atoms with E-state index in [1.54, 1.807) is 10.9 Å². The summed E-state index contributed by atoms with van der Waals surface area (Å²) in [6.45, 7) is 3.27. The second-order valence-electron chi connectivity index (χ2n) is 6.13. The highest BCUT2D eigenvalue weighted by atomic mass is 35.5. The molecule has 0 saturated carbocycles. The quantitative estimate of drug-likeness (QED) is 0.877. The summed E-state index contributed by atoms with van der Waals surface area (Å²) < 4.78 is 1.73. The van der Waals surface area contributed by atoms with Crippen molar-refractivity contribution in [1.82, 2.24) is 24.9 Å². The molecular formula is C15H29Cl2N5O. The molecule has 2 heterocycles. The molecule has 1 aromatic heterocycles. The minimum atomic E-state index is -0.321. The van der Waals surface area contributed by atoms with Gasteiger partial charge in [-0.15, -0.1) is 24.8 Å². The van der Waals surface area contributed by atoms with Crippen LogP contribution in [0.5, 0.6) is 0 Å². The first-order chi connectivity index (χ1) is 9.93. The summed E-state index contributed by atoms with van der Waals surface area (Å²) in [5, 5.41) is 7.28. The van der Waals surface area contributed by atoms with Crippen LogP contribution in [-0.4, -0.2) is 65.3 Å². The van der Waals surface area contributed by atoms with E-state index in [9.17, 15) is 4.79 Å². The summed E-state index contributed by atoms with van der Waals surface area (Å²) in [5.41, 5.74) is 0.915. The summed E-state index contributed by atoms with van der Waals surface area (Å²) in [6.07, 6.45) is 5.71. The van der Waals surface area contributed by atoms with Crippen molar-refractivity contribution < 1.29 is 4.79 Å². The summed E-state index contributed by atoms with van der Waals surface area (Å²) in [6, 6.07) is 0.514. The van der Waals surface area contributed by atoms with Crippen LogP contribution in [0.15, 0.2) is 12.4 Å². The maximum Gasteiger partial charge on any atom is 0.244 e. The third-order valence-electron chi connectivity index (χ3n) is 4.67. The van der Waals surface area contributed by atoms with Crippen LogP contribution >= 0.6 is 24.8 Å². The van der Waals surface area contributed by atoms with Crippen molar-refractivity contribution in [3.63, 3.8) is 0 Å². The minimum Gasteiger partial charge on any atom is -0.341 e. The maximum absolute atomic E-state index is 12.8. The lowest BCUT2D eigenvalue weighted by Gasteiger charge is -2.40. The Morgan fingerprint density at radius 2 is 2.09 bits per heavy atom. The Morgan fingerprint density at radius 3 is 2.57 bits per heavy atom. The van der Waals surface area contributed by atoms with Gasteiger partial charge in [0.25, 0.3) is 0 Å². The molecule has 1 amide bonds. The Labute approximate surface area is 151 Å². The van der Waals surface area contributed by atoms with E-state index in [0.717, 1.165) is 24.9 Å². The third-order valence-corrected chi connectivity index (χ3v) is 4.67. The normalized spacial score (nSPS) is 22.7. The standard InChI is InChI=1S/C15H27N5O.2ClH/c1-11-8-13(6-7-18(11)3)20(5)15(21)14(16-2)12-9-17-19(4)10-12;;/h9-11,13-14,16H,6-8H2,1-5H3;2*1H. The number of carbonyl (C=O) groups is 1. The fourth-order valence-corrected chi connectivity index (χ4v) is 3.02. The summed E-state index contributed by atoms with van der Waals surface area (Å²) >= 11 is 0. The number of hydrogen-bond acceptors (Lipinski definition) is 4. The zero-order valence-corrected chi connectivity index (χ0v) is 16.2. The van der Waals surface area contributed by atoms with Crippen molar-refractivity contribution in [2.75, 3.05) is 27.7 Å². The highest BCUT2D eigenvalue weighted by molar-refractivity contribution is 5.85. The molecule has 1 fully saturated rings. The lowest BCUT2D eigenvalue weighted by molar-refractivity contribution is -0.135. The van der Waals surface area contributed by atoms with Crippen molar-refractivity contribution in [2.24, 2.45) is 7.05 Å². The predicted molar refractivity (Wildman–Crippen MR) is 97.4 cm³/mol. The topological polar surface area (TPSA) is 53.4 Å². The molecule has 0 bridgehead atoms. The van der Waals surface area contributed by atoms with Gasteiger partial charge in [0.15, 0.2) is 0 Å². The van der Waals surface area contributed by atoms with Crippen LogP contribution in [0, 0.1) is 0 Å². The SMILES string of the molecule is CNC(C(=O)N(C)C1CCN(C)C(C)C1)c1cnn(C)c1.Cl.Cl. The molecule has 6 nitrogen and oxygen atoms in total. The first-order valence-electron chi connectivity index (χ1n) is 7.56. The van der Waals surface area contributed by atoms with Crippen LogP contribution in [0.25, 0.3) is 0 Å². The number of nitrogens with one attached hydrogen (secondary N) is 1. The zero-order valence-electron chi connectivity index (χ0n) is 14.5. The van der Waals surface area contributed by atoms with Crippen LogP contribution < -0.4 is 5.32 Å². The zero-order chi connectivity index (χ0) is 15.6. The van der Waals surface area contributed by atoms with Gasteiger partial charge in [-0.1, -0.05) is 0 Å². The van der Waals surface area contributed by atoms with Crippen LogP contribution in [0.2, 0.25) is 0 Å². The number of aryl methyl sites for hydroxylation is 1. The highest BCUT2D eigenvalue weighted by Crippen LogP contribution is 2.23. The number of likely N-dealkylation sites (N-methyl/N-ethyl adjacent to an activating group) is 2. The number of likely N-dealkylation sites (tertiary alicyclic amines) is 1. The second kappa shape index (κ2) is 9.47.